The summed E-state index contributed by atoms with van der Waals surface area (Å²) >= 11 is 12.0. The van der Waals surface area contributed by atoms with Crippen LogP contribution in [0.1, 0.15) is 27.2 Å². The lowest BCUT2D eigenvalue weighted by molar-refractivity contribution is -0.137. The number of nitrogens with one attached hydrogen (secondary N) is 1. The van der Waals surface area contributed by atoms with Crippen molar-refractivity contribution in [2.24, 2.45) is 0 Å². The third kappa shape index (κ3) is 7.76. The van der Waals surface area contributed by atoms with Gasteiger partial charge in [0, 0.05) is 17.8 Å². The van der Waals surface area contributed by atoms with Crippen molar-refractivity contribution in [2.45, 2.75) is 45.4 Å². The van der Waals surface area contributed by atoms with Gasteiger partial charge in [-0.3, -0.25) is 4.79 Å². The summed E-state index contributed by atoms with van der Waals surface area (Å²) in [5, 5.41) is 24.0. The van der Waals surface area contributed by atoms with Crippen molar-refractivity contribution in [3.8, 4) is 23.0 Å². The molecule has 0 bridgehead atoms. The molecule has 0 aliphatic rings. The average molecular weight is 527 g/mol. The number of carbonyl (C=O) groups is 2. The maximum atomic E-state index is 13.9. The third-order valence-electron chi connectivity index (χ3n) is 4.15. The lowest BCUT2D eigenvalue weighted by atomic mass is 10.2. The van der Waals surface area contributed by atoms with E-state index < -0.39 is 35.9 Å². The molecule has 0 aliphatic carbocycles. The van der Waals surface area contributed by atoms with Gasteiger partial charge in [0.25, 0.3) is 5.88 Å². The van der Waals surface area contributed by atoms with E-state index in [0.29, 0.717) is 5.56 Å². The molecule has 0 saturated carbocycles. The number of rotatable bonds is 8. The van der Waals surface area contributed by atoms with Gasteiger partial charge in [0.2, 0.25) is 5.82 Å². The first-order valence-corrected chi connectivity index (χ1v) is 10.9. The highest BCUT2D eigenvalue weighted by atomic mass is 35.5. The summed E-state index contributed by atoms with van der Waals surface area (Å²) in [5.41, 5.74) is -0.358. The number of amides is 1. The first-order chi connectivity index (χ1) is 16.4. The third-order valence-corrected chi connectivity index (χ3v) is 4.67. The quantitative estimate of drug-likeness (QED) is 0.438. The largest absolute Gasteiger partial charge is 0.481 e. The van der Waals surface area contributed by atoms with E-state index in [1.165, 1.54) is 18.3 Å². The summed E-state index contributed by atoms with van der Waals surface area (Å²) in [5.74, 6) is -1.79. The number of aliphatic carboxylic acids is 1. The predicted molar refractivity (Wildman–Crippen MR) is 123 cm³/mol. The molecule has 186 valence electrons. The molecule has 1 atom stereocenters. The van der Waals surface area contributed by atoms with E-state index in [0.717, 1.165) is 10.9 Å². The van der Waals surface area contributed by atoms with Crippen molar-refractivity contribution in [1.29, 1.82) is 0 Å². The summed E-state index contributed by atoms with van der Waals surface area (Å²) in [6.07, 6.45) is 0.0837. The van der Waals surface area contributed by atoms with Crippen molar-refractivity contribution in [2.75, 3.05) is 0 Å². The Kier molecular flexibility index (Phi) is 8.07. The summed E-state index contributed by atoms with van der Waals surface area (Å²) in [7, 11) is 0. The van der Waals surface area contributed by atoms with E-state index in [1.807, 2.05) is 0 Å². The SMILES string of the molecule is CC(C)(C)OC(=O)NC(CC(=O)O)Cn1nnc(-c2ccc(Oc3ncc(Cl)cc3F)cc2Cl)n1. The van der Waals surface area contributed by atoms with Gasteiger partial charge < -0.3 is 19.9 Å². The average Bonchev–Trinajstić information content (AvgIpc) is 3.16. The number of nitrogens with zero attached hydrogens (tertiary/aromatic N) is 5. The van der Waals surface area contributed by atoms with Crippen LogP contribution >= 0.6 is 23.2 Å². The molecule has 1 aromatic carbocycles. The molecule has 35 heavy (non-hydrogen) atoms. The minimum Gasteiger partial charge on any atom is -0.481 e. The normalized spacial score (nSPS) is 12.2. The lowest BCUT2D eigenvalue weighted by Gasteiger charge is -2.22. The number of ether oxygens (including phenoxy) is 2. The molecular weight excluding hydrogens is 506 g/mol. The Morgan fingerprint density at radius 2 is 2.00 bits per heavy atom. The van der Waals surface area contributed by atoms with E-state index in [1.54, 1.807) is 26.8 Å². The van der Waals surface area contributed by atoms with Crippen molar-refractivity contribution in [1.82, 2.24) is 30.5 Å². The van der Waals surface area contributed by atoms with Crippen molar-refractivity contribution in [3.05, 3.63) is 46.3 Å². The predicted octanol–water partition coefficient (Wildman–Crippen LogP) is 4.34. The monoisotopic (exact) mass is 526 g/mol. The maximum Gasteiger partial charge on any atom is 0.407 e. The van der Waals surface area contributed by atoms with Gasteiger partial charge in [-0.25, -0.2) is 14.2 Å². The van der Waals surface area contributed by atoms with Crippen molar-refractivity contribution < 1.29 is 28.6 Å². The zero-order valence-electron chi connectivity index (χ0n) is 18.8. The van der Waals surface area contributed by atoms with Crippen LogP contribution in [0.25, 0.3) is 11.4 Å². The maximum absolute atomic E-state index is 13.9. The zero-order chi connectivity index (χ0) is 25.8. The van der Waals surface area contributed by atoms with Crippen LogP contribution in [0.2, 0.25) is 10.0 Å². The number of halogens is 3. The zero-order valence-corrected chi connectivity index (χ0v) is 20.3. The Balaban J connectivity index is 1.72. The minimum atomic E-state index is -1.13. The molecule has 2 heterocycles. The second-order valence-corrected chi connectivity index (χ2v) is 9.14. The number of alkyl carbamates (subject to hydrolysis) is 1. The van der Waals surface area contributed by atoms with E-state index in [4.69, 9.17) is 37.8 Å². The Morgan fingerprint density at radius 3 is 2.63 bits per heavy atom. The summed E-state index contributed by atoms with van der Waals surface area (Å²) < 4.78 is 24.5. The molecule has 2 aromatic heterocycles. The fraction of sp³-hybridized carbons (Fsp3) is 0.333. The van der Waals surface area contributed by atoms with E-state index in [9.17, 15) is 14.0 Å². The van der Waals surface area contributed by atoms with Crippen LogP contribution < -0.4 is 10.1 Å². The Hall–Kier alpha value is -3.51. The number of aromatic nitrogens is 5. The van der Waals surface area contributed by atoms with Crippen LogP contribution in [-0.4, -0.2) is 54.0 Å². The van der Waals surface area contributed by atoms with Gasteiger partial charge in [-0.05, 0) is 44.2 Å². The molecule has 1 amide bonds. The standard InChI is InChI=1S/C21H21Cl2FN6O5/c1-21(2,3)35-20(33)26-12(7-17(31)32)10-30-28-18(27-29-30)14-5-4-13(8-15(14)23)34-19-16(24)6-11(22)9-25-19/h4-6,8-9,12H,7,10H2,1-3H3,(H,26,33)(H,31,32). The molecule has 0 radical (unpaired) electrons. The van der Waals surface area contributed by atoms with Crippen LogP contribution in [0, 0.1) is 5.82 Å². The summed E-state index contributed by atoms with van der Waals surface area (Å²) in [6, 6.07) is 4.68. The smallest absolute Gasteiger partial charge is 0.407 e. The lowest BCUT2D eigenvalue weighted by Crippen LogP contribution is -2.42. The van der Waals surface area contributed by atoms with Crippen molar-refractivity contribution >= 4 is 35.3 Å². The van der Waals surface area contributed by atoms with Gasteiger partial charge in [-0.1, -0.05) is 23.2 Å². The first-order valence-electron chi connectivity index (χ1n) is 10.2. The van der Waals surface area contributed by atoms with E-state index in [2.05, 4.69) is 25.7 Å². The van der Waals surface area contributed by atoms with Crippen LogP contribution in [0.4, 0.5) is 9.18 Å². The molecule has 1 unspecified atom stereocenters. The highest BCUT2D eigenvalue weighted by molar-refractivity contribution is 6.33. The fourth-order valence-corrected chi connectivity index (χ4v) is 3.20. The number of tetrazole rings is 1. The molecule has 0 saturated heterocycles. The summed E-state index contributed by atoms with van der Waals surface area (Å²) in [6.45, 7) is 4.98. The van der Waals surface area contributed by atoms with Gasteiger partial charge in [0.05, 0.1) is 29.1 Å². The number of pyridine rings is 1. The number of hydrogen-bond acceptors (Lipinski definition) is 8. The molecular formula is C21H21Cl2FN6O5. The molecule has 0 spiro atoms. The van der Waals surface area contributed by atoms with Gasteiger partial charge in [-0.15, -0.1) is 10.2 Å². The molecule has 14 heteroatoms. The van der Waals surface area contributed by atoms with Gasteiger partial charge in [0.1, 0.15) is 11.4 Å². The molecule has 3 aromatic rings. The molecule has 2 N–H and O–H groups in total. The number of carboxylic acid groups (broad SMARTS) is 1. The first kappa shape index (κ1) is 26.1. The minimum absolute atomic E-state index is 0.0845. The van der Waals surface area contributed by atoms with Gasteiger partial charge in [0.15, 0.2) is 5.82 Å². The Bertz CT molecular complexity index is 1230. The van der Waals surface area contributed by atoms with Crippen LogP contribution in [0.15, 0.2) is 30.5 Å². The molecule has 0 fully saturated rings. The summed E-state index contributed by atoms with van der Waals surface area (Å²) in [4.78, 5) is 28.2. The topological polar surface area (TPSA) is 141 Å². The van der Waals surface area contributed by atoms with Crippen molar-refractivity contribution in [3.63, 3.8) is 0 Å². The number of carbonyl (C=O) groups excluding carboxylic acids is 1. The number of carboxylic acids is 1. The van der Waals surface area contributed by atoms with Gasteiger partial charge >= 0.3 is 12.1 Å². The van der Waals surface area contributed by atoms with E-state index in [-0.39, 0.29) is 34.0 Å². The molecule has 11 nitrogen and oxygen atoms in total. The second-order valence-electron chi connectivity index (χ2n) is 8.29. The van der Waals surface area contributed by atoms with Gasteiger partial charge in [-0.2, -0.15) is 4.80 Å². The Labute approximate surface area is 209 Å². The number of benzene rings is 1. The second kappa shape index (κ2) is 10.8. The fourth-order valence-electron chi connectivity index (χ4n) is 2.80. The highest BCUT2D eigenvalue weighted by Gasteiger charge is 2.23. The van der Waals surface area contributed by atoms with Crippen LogP contribution in [-0.2, 0) is 16.1 Å². The van der Waals surface area contributed by atoms with E-state index >= 15 is 0 Å². The molecule has 3 rings (SSSR count). The number of hydrogen-bond donors (Lipinski definition) is 2. The highest BCUT2D eigenvalue weighted by Crippen LogP contribution is 2.31. The Morgan fingerprint density at radius 1 is 1.26 bits per heavy atom. The molecule has 0 aliphatic heterocycles. The van der Waals surface area contributed by atoms with Crippen LogP contribution in [0.3, 0.4) is 0 Å². The van der Waals surface area contributed by atoms with Crippen LogP contribution in [0.5, 0.6) is 11.6 Å².